The fourth-order valence-electron chi connectivity index (χ4n) is 2.08. The standard InChI is InChI=1S/C12H20N2OS/c1-9(12-4-3-5-16-12)14(2)6-10-7-15-8-11(10)13/h3-5,9-11H,6-8,13H2,1-2H3. The second kappa shape index (κ2) is 5.27. The van der Waals surface area contributed by atoms with Crippen LogP contribution >= 0.6 is 11.3 Å². The molecule has 3 unspecified atom stereocenters. The van der Waals surface area contributed by atoms with E-state index in [1.54, 1.807) is 0 Å². The first-order valence-corrected chi connectivity index (χ1v) is 6.63. The van der Waals surface area contributed by atoms with E-state index >= 15 is 0 Å². The van der Waals surface area contributed by atoms with Crippen LogP contribution in [0.1, 0.15) is 17.8 Å². The zero-order valence-electron chi connectivity index (χ0n) is 9.93. The van der Waals surface area contributed by atoms with E-state index in [0.717, 1.165) is 13.2 Å². The van der Waals surface area contributed by atoms with Crippen LogP contribution in [0.4, 0.5) is 0 Å². The zero-order chi connectivity index (χ0) is 11.5. The van der Waals surface area contributed by atoms with E-state index in [9.17, 15) is 0 Å². The SMILES string of the molecule is CC(c1cccs1)N(C)CC1COCC1N. The Morgan fingerprint density at radius 2 is 2.44 bits per heavy atom. The Kier molecular flexibility index (Phi) is 3.97. The van der Waals surface area contributed by atoms with Crippen LogP contribution in [0.3, 0.4) is 0 Å². The van der Waals surface area contributed by atoms with Crippen LogP contribution in [0.25, 0.3) is 0 Å². The van der Waals surface area contributed by atoms with Gasteiger partial charge in [-0.05, 0) is 25.4 Å². The summed E-state index contributed by atoms with van der Waals surface area (Å²) in [4.78, 5) is 3.78. The molecule has 16 heavy (non-hydrogen) atoms. The van der Waals surface area contributed by atoms with Crippen LogP contribution < -0.4 is 5.73 Å². The molecular formula is C12H20N2OS. The highest BCUT2D eigenvalue weighted by Crippen LogP contribution is 2.25. The summed E-state index contributed by atoms with van der Waals surface area (Å²) in [6.07, 6.45) is 0. The molecule has 1 aromatic heterocycles. The van der Waals surface area contributed by atoms with E-state index in [1.165, 1.54) is 4.88 Å². The van der Waals surface area contributed by atoms with Crippen molar-refractivity contribution in [2.75, 3.05) is 26.8 Å². The predicted octanol–water partition coefficient (Wildman–Crippen LogP) is 1.71. The van der Waals surface area contributed by atoms with E-state index in [0.29, 0.717) is 18.6 Å². The molecule has 0 radical (unpaired) electrons. The molecule has 2 rings (SSSR count). The third kappa shape index (κ3) is 2.63. The molecule has 4 heteroatoms. The number of nitrogens with zero attached hydrogens (tertiary/aromatic N) is 1. The van der Waals surface area contributed by atoms with E-state index < -0.39 is 0 Å². The molecule has 0 spiro atoms. The van der Waals surface area contributed by atoms with Crippen molar-refractivity contribution < 1.29 is 4.74 Å². The fraction of sp³-hybridized carbons (Fsp3) is 0.667. The molecule has 1 aliphatic heterocycles. The third-order valence-corrected chi connectivity index (χ3v) is 4.43. The Labute approximate surface area is 101 Å². The van der Waals surface area contributed by atoms with Crippen molar-refractivity contribution >= 4 is 11.3 Å². The van der Waals surface area contributed by atoms with E-state index in [1.807, 2.05) is 11.3 Å². The summed E-state index contributed by atoms with van der Waals surface area (Å²) in [5.74, 6) is 0.479. The number of thiophene rings is 1. The molecule has 0 aliphatic carbocycles. The fourth-order valence-corrected chi connectivity index (χ4v) is 2.93. The molecule has 90 valence electrons. The molecule has 0 bridgehead atoms. The van der Waals surface area contributed by atoms with Crippen molar-refractivity contribution in [3.63, 3.8) is 0 Å². The number of rotatable bonds is 4. The molecule has 1 saturated heterocycles. The number of ether oxygens (including phenoxy) is 1. The summed E-state index contributed by atoms with van der Waals surface area (Å²) in [6.45, 7) is 4.78. The van der Waals surface area contributed by atoms with Gasteiger partial charge in [0.1, 0.15) is 0 Å². The van der Waals surface area contributed by atoms with Gasteiger partial charge in [0, 0.05) is 29.4 Å². The summed E-state index contributed by atoms with van der Waals surface area (Å²) in [5.41, 5.74) is 6.00. The monoisotopic (exact) mass is 240 g/mol. The Hall–Kier alpha value is -0.420. The molecule has 0 amide bonds. The summed E-state index contributed by atoms with van der Waals surface area (Å²) in [7, 11) is 2.16. The van der Waals surface area contributed by atoms with Crippen molar-refractivity contribution in [2.24, 2.45) is 11.7 Å². The Morgan fingerprint density at radius 3 is 3.00 bits per heavy atom. The second-order valence-corrected chi connectivity index (χ2v) is 5.57. The molecule has 2 N–H and O–H groups in total. The molecular weight excluding hydrogens is 220 g/mol. The lowest BCUT2D eigenvalue weighted by Gasteiger charge is -2.27. The van der Waals surface area contributed by atoms with Gasteiger partial charge in [0.25, 0.3) is 0 Å². The van der Waals surface area contributed by atoms with Gasteiger partial charge in [0.05, 0.1) is 13.2 Å². The Morgan fingerprint density at radius 1 is 1.62 bits per heavy atom. The first kappa shape index (κ1) is 12.0. The highest BCUT2D eigenvalue weighted by Gasteiger charge is 2.27. The quantitative estimate of drug-likeness (QED) is 0.871. The lowest BCUT2D eigenvalue weighted by atomic mass is 10.0. The largest absolute Gasteiger partial charge is 0.379 e. The van der Waals surface area contributed by atoms with Crippen LogP contribution in [0.2, 0.25) is 0 Å². The molecule has 2 heterocycles. The van der Waals surface area contributed by atoms with Crippen LogP contribution in [-0.2, 0) is 4.74 Å². The Bertz CT molecular complexity index is 315. The van der Waals surface area contributed by atoms with E-state index in [4.69, 9.17) is 10.5 Å². The highest BCUT2D eigenvalue weighted by molar-refractivity contribution is 7.10. The molecule has 0 aromatic carbocycles. The molecule has 0 saturated carbocycles. The van der Waals surface area contributed by atoms with Crippen molar-refractivity contribution in [3.8, 4) is 0 Å². The summed E-state index contributed by atoms with van der Waals surface area (Å²) < 4.78 is 5.39. The smallest absolute Gasteiger partial charge is 0.0621 e. The predicted molar refractivity (Wildman–Crippen MR) is 67.6 cm³/mol. The number of hydrogen-bond acceptors (Lipinski definition) is 4. The topological polar surface area (TPSA) is 38.5 Å². The maximum absolute atomic E-state index is 6.00. The average Bonchev–Trinajstić information content (AvgIpc) is 2.89. The van der Waals surface area contributed by atoms with Gasteiger partial charge in [-0.15, -0.1) is 11.3 Å². The minimum Gasteiger partial charge on any atom is -0.379 e. The van der Waals surface area contributed by atoms with Crippen LogP contribution in [0.5, 0.6) is 0 Å². The van der Waals surface area contributed by atoms with Gasteiger partial charge in [-0.1, -0.05) is 6.07 Å². The van der Waals surface area contributed by atoms with Gasteiger partial charge in [-0.3, -0.25) is 4.90 Å². The molecule has 1 fully saturated rings. The van der Waals surface area contributed by atoms with Gasteiger partial charge in [0.2, 0.25) is 0 Å². The van der Waals surface area contributed by atoms with Crippen molar-refractivity contribution in [1.29, 1.82) is 0 Å². The van der Waals surface area contributed by atoms with Gasteiger partial charge in [0.15, 0.2) is 0 Å². The first-order chi connectivity index (χ1) is 7.68. The summed E-state index contributed by atoms with van der Waals surface area (Å²) in [6, 6.07) is 4.97. The minimum absolute atomic E-state index is 0.206. The van der Waals surface area contributed by atoms with Crippen molar-refractivity contribution in [1.82, 2.24) is 4.90 Å². The lowest BCUT2D eigenvalue weighted by Crippen LogP contribution is -2.37. The third-order valence-electron chi connectivity index (χ3n) is 3.39. The average molecular weight is 240 g/mol. The molecule has 1 aromatic rings. The van der Waals surface area contributed by atoms with Crippen molar-refractivity contribution in [2.45, 2.75) is 19.0 Å². The van der Waals surface area contributed by atoms with Gasteiger partial charge in [-0.25, -0.2) is 0 Å². The number of nitrogens with two attached hydrogens (primary N) is 1. The summed E-state index contributed by atoms with van der Waals surface area (Å²) >= 11 is 1.81. The normalized spacial score (nSPS) is 27.5. The first-order valence-electron chi connectivity index (χ1n) is 5.75. The number of hydrogen-bond donors (Lipinski definition) is 1. The van der Waals surface area contributed by atoms with E-state index in [2.05, 4.69) is 36.4 Å². The minimum atomic E-state index is 0.206. The maximum Gasteiger partial charge on any atom is 0.0621 e. The highest BCUT2D eigenvalue weighted by atomic mass is 32.1. The van der Waals surface area contributed by atoms with E-state index in [-0.39, 0.29) is 6.04 Å². The lowest BCUT2D eigenvalue weighted by molar-refractivity contribution is 0.164. The molecule has 3 nitrogen and oxygen atoms in total. The molecule has 3 atom stereocenters. The van der Waals surface area contributed by atoms with Crippen LogP contribution in [0, 0.1) is 5.92 Å². The van der Waals surface area contributed by atoms with Gasteiger partial charge in [-0.2, -0.15) is 0 Å². The zero-order valence-corrected chi connectivity index (χ0v) is 10.7. The Balaban J connectivity index is 1.90. The van der Waals surface area contributed by atoms with Crippen LogP contribution in [-0.4, -0.2) is 37.7 Å². The van der Waals surface area contributed by atoms with Crippen molar-refractivity contribution in [3.05, 3.63) is 22.4 Å². The molecule has 1 aliphatic rings. The van der Waals surface area contributed by atoms with Gasteiger partial charge >= 0.3 is 0 Å². The maximum atomic E-state index is 6.00. The summed E-state index contributed by atoms with van der Waals surface area (Å²) in [5, 5.41) is 2.13. The second-order valence-electron chi connectivity index (χ2n) is 4.59. The van der Waals surface area contributed by atoms with Gasteiger partial charge < -0.3 is 10.5 Å². The van der Waals surface area contributed by atoms with Crippen LogP contribution in [0.15, 0.2) is 17.5 Å².